The normalized spacial score (nSPS) is 12.0. The zero-order valence-corrected chi connectivity index (χ0v) is 52.4. The monoisotopic (exact) mass is 1210 g/mol. The summed E-state index contributed by atoms with van der Waals surface area (Å²) in [4.78, 5) is 4.69. The van der Waals surface area contributed by atoms with E-state index in [1.54, 1.807) is 0 Å². The van der Waals surface area contributed by atoms with Crippen molar-refractivity contribution in [1.82, 2.24) is 0 Å². The number of rotatable bonds is 9. The van der Waals surface area contributed by atoms with Gasteiger partial charge in [-0.1, -0.05) is 191 Å². The summed E-state index contributed by atoms with van der Waals surface area (Å²) in [6.45, 7) is 8.92. The molecule has 0 saturated carbocycles. The summed E-state index contributed by atoms with van der Waals surface area (Å²) in [7, 11) is 0. The third-order valence-corrected chi connectivity index (χ3v) is 19.2. The number of anilines is 6. The van der Waals surface area contributed by atoms with Crippen LogP contribution >= 0.6 is 0 Å². The van der Waals surface area contributed by atoms with E-state index in [4.69, 9.17) is 17.7 Å². The van der Waals surface area contributed by atoms with Crippen LogP contribution in [0.4, 0.5) is 34.1 Å². The summed E-state index contributed by atoms with van der Waals surface area (Å²) in [6, 6.07) is 104. The fourth-order valence-electron chi connectivity index (χ4n) is 14.4. The number of furan rings is 4. The summed E-state index contributed by atoms with van der Waals surface area (Å²) in [5, 5.41) is 18.7. The van der Waals surface area contributed by atoms with Gasteiger partial charge >= 0.3 is 0 Å². The van der Waals surface area contributed by atoms with Gasteiger partial charge in [-0.05, 0) is 170 Å². The standard InChI is InChI=1S/C47H33NO2.C41H29NO2/c1-29(2)31-16-22-44-41(24-31)39-20-18-34(27-46(39)49-44)48(43-26-33-12-6-7-13-36(33)37-14-8-9-15-38(37)43)35-19-21-40-42-25-32(30-10-4-3-5-11-30)17-23-45(42)50-47(40)28-35;1-25(2)26-15-20-39-36(21-26)35-19-17-29(24-41(35)44-39)42(28-16-18-34-33-13-7-8-14-38(33)43-40(34)23-28)37-22-27-9-3-4-10-30(27)31-11-5-6-12-32(31)37/h3-29H,1-2H3;3-25H,1-2H3. The fraction of sp³-hybridized carbons (Fsp3) is 0.0682. The fourth-order valence-corrected chi connectivity index (χ4v) is 14.4. The number of benzene rings is 15. The number of fused-ring (bicyclic) bond motifs is 18. The molecule has 4 heterocycles. The van der Waals surface area contributed by atoms with Crippen LogP contribution in [0.3, 0.4) is 0 Å². The Kier molecular flexibility index (Phi) is 12.8. The van der Waals surface area contributed by atoms with Gasteiger partial charge in [-0.15, -0.1) is 0 Å². The zero-order valence-electron chi connectivity index (χ0n) is 52.4. The molecule has 0 spiro atoms. The first-order valence-corrected chi connectivity index (χ1v) is 32.5. The molecular formula is C88H62N2O4. The van der Waals surface area contributed by atoms with E-state index in [9.17, 15) is 0 Å². The van der Waals surface area contributed by atoms with Crippen molar-refractivity contribution < 1.29 is 17.7 Å². The Labute approximate surface area is 542 Å². The Morgan fingerprint density at radius 2 is 0.543 bits per heavy atom. The number of para-hydroxylation sites is 1. The second kappa shape index (κ2) is 21.9. The average Bonchev–Trinajstić information content (AvgIpc) is 1.05. The van der Waals surface area contributed by atoms with Crippen LogP contribution in [0.5, 0.6) is 0 Å². The van der Waals surface area contributed by atoms with Gasteiger partial charge < -0.3 is 27.5 Å². The molecule has 19 rings (SSSR count). The molecule has 4 aromatic heterocycles. The largest absolute Gasteiger partial charge is 0.456 e. The molecule has 448 valence electrons. The first-order valence-electron chi connectivity index (χ1n) is 32.5. The average molecular weight is 1210 g/mol. The highest BCUT2D eigenvalue weighted by Crippen LogP contribution is 2.48. The molecule has 0 aliphatic rings. The summed E-state index contributed by atoms with van der Waals surface area (Å²) in [5.74, 6) is 0.895. The molecule has 0 aliphatic carbocycles. The molecule has 0 N–H and O–H groups in total. The lowest BCUT2D eigenvalue weighted by Gasteiger charge is -2.27. The van der Waals surface area contributed by atoms with E-state index in [2.05, 4.69) is 317 Å². The van der Waals surface area contributed by atoms with E-state index in [1.807, 2.05) is 12.1 Å². The highest BCUT2D eigenvalue weighted by molar-refractivity contribution is 6.18. The highest BCUT2D eigenvalue weighted by atomic mass is 16.3. The summed E-state index contributed by atoms with van der Waals surface area (Å²) < 4.78 is 25.9. The van der Waals surface area contributed by atoms with Crippen LogP contribution in [0.25, 0.3) is 142 Å². The predicted octanol–water partition coefficient (Wildman–Crippen LogP) is 26.4. The third kappa shape index (κ3) is 9.16. The van der Waals surface area contributed by atoms with E-state index in [0.717, 1.165) is 122 Å². The third-order valence-electron chi connectivity index (χ3n) is 19.2. The van der Waals surface area contributed by atoms with Gasteiger partial charge in [0, 0.05) is 101 Å². The van der Waals surface area contributed by atoms with Gasteiger partial charge in [-0.2, -0.15) is 0 Å². The minimum absolute atomic E-state index is 0.443. The first-order chi connectivity index (χ1) is 46.2. The topological polar surface area (TPSA) is 59.0 Å². The predicted molar refractivity (Wildman–Crippen MR) is 395 cm³/mol. The Hall–Kier alpha value is -11.9. The van der Waals surface area contributed by atoms with Crippen molar-refractivity contribution in [1.29, 1.82) is 0 Å². The van der Waals surface area contributed by atoms with Gasteiger partial charge in [0.25, 0.3) is 0 Å². The zero-order chi connectivity index (χ0) is 62.7. The molecule has 0 unspecified atom stereocenters. The van der Waals surface area contributed by atoms with Gasteiger partial charge in [0.2, 0.25) is 0 Å². The maximum atomic E-state index is 6.56. The first kappa shape index (κ1) is 55.0. The number of hydrogen-bond acceptors (Lipinski definition) is 6. The van der Waals surface area contributed by atoms with Crippen LogP contribution in [0.1, 0.15) is 50.7 Å². The molecule has 0 fully saturated rings. The lowest BCUT2D eigenvalue weighted by atomic mass is 9.98. The Balaban J connectivity index is 0.000000139. The molecule has 6 heteroatoms. The van der Waals surface area contributed by atoms with Crippen molar-refractivity contribution >= 4 is 165 Å². The minimum atomic E-state index is 0.443. The van der Waals surface area contributed by atoms with Gasteiger partial charge in [-0.3, -0.25) is 0 Å². The molecule has 0 saturated heterocycles. The van der Waals surface area contributed by atoms with Crippen LogP contribution in [0.15, 0.2) is 309 Å². The second-order valence-corrected chi connectivity index (χ2v) is 25.5. The molecule has 94 heavy (non-hydrogen) atoms. The summed E-state index contributed by atoms with van der Waals surface area (Å²) in [5.41, 5.74) is 18.3. The molecule has 0 bridgehead atoms. The smallest absolute Gasteiger partial charge is 0.137 e. The SMILES string of the molecule is CC(C)c1ccc2oc3cc(N(c4ccc5c(c4)oc4ccc(-c6ccccc6)cc45)c4cc5ccccc5c5ccccc45)ccc3c2c1.CC(C)c1ccc2oc3cc(N(c4ccc5c(c4)oc4ccccc45)c4cc5ccccc5c5ccccc45)ccc3c2c1. The van der Waals surface area contributed by atoms with Crippen molar-refractivity contribution in [2.24, 2.45) is 0 Å². The van der Waals surface area contributed by atoms with Crippen LogP contribution < -0.4 is 9.80 Å². The van der Waals surface area contributed by atoms with Crippen molar-refractivity contribution in [2.45, 2.75) is 39.5 Å². The number of hydrogen-bond donors (Lipinski definition) is 0. The van der Waals surface area contributed by atoms with E-state index >= 15 is 0 Å². The van der Waals surface area contributed by atoms with Crippen LogP contribution in [-0.2, 0) is 0 Å². The Morgan fingerprint density at radius 1 is 0.213 bits per heavy atom. The van der Waals surface area contributed by atoms with Crippen LogP contribution in [-0.4, -0.2) is 0 Å². The van der Waals surface area contributed by atoms with Gasteiger partial charge in [0.1, 0.15) is 44.7 Å². The minimum Gasteiger partial charge on any atom is -0.456 e. The van der Waals surface area contributed by atoms with Crippen molar-refractivity contribution in [3.8, 4) is 11.1 Å². The second-order valence-electron chi connectivity index (χ2n) is 25.5. The van der Waals surface area contributed by atoms with Gasteiger partial charge in [0.05, 0.1) is 11.4 Å². The molecule has 6 nitrogen and oxygen atoms in total. The van der Waals surface area contributed by atoms with Crippen molar-refractivity contribution in [3.63, 3.8) is 0 Å². The molecule has 0 amide bonds. The van der Waals surface area contributed by atoms with Crippen LogP contribution in [0.2, 0.25) is 0 Å². The maximum Gasteiger partial charge on any atom is 0.137 e. The Bertz CT molecular complexity index is 6220. The van der Waals surface area contributed by atoms with Gasteiger partial charge in [0.15, 0.2) is 0 Å². The number of nitrogens with zero attached hydrogens (tertiary/aromatic N) is 2. The van der Waals surface area contributed by atoms with E-state index < -0.39 is 0 Å². The molecule has 0 aliphatic heterocycles. The molecule has 19 aromatic rings. The van der Waals surface area contributed by atoms with E-state index in [1.165, 1.54) is 65.3 Å². The van der Waals surface area contributed by atoms with E-state index in [-0.39, 0.29) is 0 Å². The van der Waals surface area contributed by atoms with Gasteiger partial charge in [-0.25, -0.2) is 0 Å². The quantitative estimate of drug-likeness (QED) is 0.134. The molecule has 0 atom stereocenters. The maximum absolute atomic E-state index is 6.56. The van der Waals surface area contributed by atoms with E-state index in [0.29, 0.717) is 11.8 Å². The lowest BCUT2D eigenvalue weighted by Crippen LogP contribution is -2.10. The Morgan fingerprint density at radius 3 is 0.979 bits per heavy atom. The highest BCUT2D eigenvalue weighted by Gasteiger charge is 2.24. The summed E-state index contributed by atoms with van der Waals surface area (Å²) in [6.07, 6.45) is 0. The molecular weight excluding hydrogens is 1150 g/mol. The van der Waals surface area contributed by atoms with Crippen LogP contribution in [0, 0.1) is 0 Å². The molecule has 0 radical (unpaired) electrons. The van der Waals surface area contributed by atoms with Crippen molar-refractivity contribution in [2.75, 3.05) is 9.80 Å². The lowest BCUT2D eigenvalue weighted by molar-refractivity contribution is 0.668. The summed E-state index contributed by atoms with van der Waals surface area (Å²) >= 11 is 0. The molecule has 15 aromatic carbocycles. The van der Waals surface area contributed by atoms with Crippen molar-refractivity contribution in [3.05, 3.63) is 302 Å².